The third-order valence-corrected chi connectivity index (χ3v) is 4.79. The maximum absolute atomic E-state index is 12.2. The number of aryl methyl sites for hydroxylation is 2. The number of fused-ring (bicyclic) bond motifs is 1. The van der Waals surface area contributed by atoms with Crippen molar-refractivity contribution in [1.82, 2.24) is 4.98 Å². The van der Waals surface area contributed by atoms with Crippen molar-refractivity contribution < 1.29 is 9.53 Å². The van der Waals surface area contributed by atoms with Gasteiger partial charge in [0.05, 0.1) is 23.7 Å². The second-order valence-electron chi connectivity index (χ2n) is 5.45. The number of thiazole rings is 1. The van der Waals surface area contributed by atoms with Crippen molar-refractivity contribution >= 4 is 32.6 Å². The van der Waals surface area contributed by atoms with Crippen LogP contribution in [0.5, 0.6) is 5.75 Å². The van der Waals surface area contributed by atoms with Gasteiger partial charge in [-0.1, -0.05) is 29.5 Å². The second-order valence-corrected chi connectivity index (χ2v) is 6.48. The van der Waals surface area contributed by atoms with Gasteiger partial charge < -0.3 is 10.1 Å². The van der Waals surface area contributed by atoms with Gasteiger partial charge in [-0.25, -0.2) is 4.98 Å². The van der Waals surface area contributed by atoms with Crippen molar-refractivity contribution in [2.75, 3.05) is 12.4 Å². The summed E-state index contributed by atoms with van der Waals surface area (Å²) in [5.41, 5.74) is 4.28. The number of nitrogens with zero attached hydrogens (tertiary/aromatic N) is 1. The number of ether oxygens (including phenoxy) is 1. The van der Waals surface area contributed by atoms with E-state index in [1.54, 1.807) is 7.11 Å². The van der Waals surface area contributed by atoms with Crippen LogP contribution < -0.4 is 10.1 Å². The van der Waals surface area contributed by atoms with E-state index in [0.29, 0.717) is 11.6 Å². The van der Waals surface area contributed by atoms with Gasteiger partial charge >= 0.3 is 0 Å². The molecule has 1 amide bonds. The van der Waals surface area contributed by atoms with Crippen molar-refractivity contribution in [3.63, 3.8) is 0 Å². The summed E-state index contributed by atoms with van der Waals surface area (Å²) in [5.74, 6) is 0.717. The third-order valence-electron chi connectivity index (χ3n) is 3.85. The number of rotatable bonds is 4. The number of aromatic nitrogens is 1. The van der Waals surface area contributed by atoms with Gasteiger partial charge in [0.25, 0.3) is 0 Å². The van der Waals surface area contributed by atoms with Crippen molar-refractivity contribution in [1.29, 1.82) is 0 Å². The topological polar surface area (TPSA) is 51.2 Å². The Hall–Kier alpha value is -2.40. The Bertz CT molecular complexity index is 853. The van der Waals surface area contributed by atoms with Crippen molar-refractivity contribution in [3.05, 3.63) is 53.1 Å². The fraction of sp³-hybridized carbons (Fsp3) is 0.222. The Morgan fingerprint density at radius 1 is 1.17 bits per heavy atom. The summed E-state index contributed by atoms with van der Waals surface area (Å²) < 4.78 is 6.21. The van der Waals surface area contributed by atoms with E-state index in [1.807, 2.05) is 24.3 Å². The highest BCUT2D eigenvalue weighted by Gasteiger charge is 2.11. The first-order chi connectivity index (χ1) is 11.1. The monoisotopic (exact) mass is 326 g/mol. The fourth-order valence-corrected chi connectivity index (χ4v) is 3.31. The standard InChI is InChI=1S/C18H18N2O2S/c1-11-4-9-15-17(12(11)2)20-18(23-15)19-16(21)10-13-5-7-14(22-3)8-6-13/h4-9H,10H2,1-3H3,(H,19,20,21). The molecule has 0 aliphatic heterocycles. The summed E-state index contributed by atoms with van der Waals surface area (Å²) in [4.78, 5) is 16.7. The highest BCUT2D eigenvalue weighted by Crippen LogP contribution is 2.29. The van der Waals surface area contributed by atoms with Crippen molar-refractivity contribution in [2.45, 2.75) is 20.3 Å². The molecule has 0 saturated heterocycles. The molecular formula is C18H18N2O2S. The minimum absolute atomic E-state index is 0.0661. The van der Waals surface area contributed by atoms with E-state index in [0.717, 1.165) is 27.1 Å². The molecule has 2 aromatic carbocycles. The normalized spacial score (nSPS) is 10.7. The maximum Gasteiger partial charge on any atom is 0.230 e. The molecule has 0 radical (unpaired) electrons. The van der Waals surface area contributed by atoms with Crippen LogP contribution in [-0.4, -0.2) is 18.0 Å². The number of hydrogen-bond donors (Lipinski definition) is 1. The lowest BCUT2D eigenvalue weighted by Gasteiger charge is -2.03. The average molecular weight is 326 g/mol. The number of carbonyl (C=O) groups is 1. The molecular weight excluding hydrogens is 308 g/mol. The Labute approximate surface area is 139 Å². The summed E-state index contributed by atoms with van der Waals surface area (Å²) in [5, 5.41) is 3.54. The van der Waals surface area contributed by atoms with Crippen LogP contribution in [0.4, 0.5) is 5.13 Å². The van der Waals surface area contributed by atoms with Crippen LogP contribution in [-0.2, 0) is 11.2 Å². The number of anilines is 1. The molecule has 0 aliphatic rings. The Balaban J connectivity index is 1.73. The molecule has 0 aliphatic carbocycles. The Morgan fingerprint density at radius 2 is 1.91 bits per heavy atom. The first-order valence-electron chi connectivity index (χ1n) is 7.36. The summed E-state index contributed by atoms with van der Waals surface area (Å²) in [6, 6.07) is 11.6. The molecule has 4 nitrogen and oxygen atoms in total. The van der Waals surface area contributed by atoms with Crippen LogP contribution in [0.25, 0.3) is 10.2 Å². The van der Waals surface area contributed by atoms with Gasteiger partial charge in [-0.3, -0.25) is 4.79 Å². The largest absolute Gasteiger partial charge is 0.497 e. The highest BCUT2D eigenvalue weighted by molar-refractivity contribution is 7.22. The number of benzene rings is 2. The number of hydrogen-bond acceptors (Lipinski definition) is 4. The van der Waals surface area contributed by atoms with E-state index in [4.69, 9.17) is 4.74 Å². The zero-order valence-electron chi connectivity index (χ0n) is 13.3. The molecule has 3 rings (SSSR count). The van der Waals surface area contributed by atoms with E-state index in [-0.39, 0.29) is 5.91 Å². The van der Waals surface area contributed by atoms with E-state index < -0.39 is 0 Å². The van der Waals surface area contributed by atoms with E-state index in [2.05, 4.69) is 36.3 Å². The highest BCUT2D eigenvalue weighted by atomic mass is 32.1. The molecule has 1 N–H and O–H groups in total. The van der Waals surface area contributed by atoms with E-state index in [1.165, 1.54) is 16.9 Å². The lowest BCUT2D eigenvalue weighted by atomic mass is 10.1. The van der Waals surface area contributed by atoms with Crippen LogP contribution in [0, 0.1) is 13.8 Å². The lowest BCUT2D eigenvalue weighted by molar-refractivity contribution is -0.115. The van der Waals surface area contributed by atoms with Gasteiger partial charge in [0, 0.05) is 0 Å². The van der Waals surface area contributed by atoms with Gasteiger partial charge in [0.2, 0.25) is 5.91 Å². The predicted molar refractivity (Wildman–Crippen MR) is 94.4 cm³/mol. The van der Waals surface area contributed by atoms with Crippen molar-refractivity contribution in [2.24, 2.45) is 0 Å². The molecule has 1 aromatic heterocycles. The minimum atomic E-state index is -0.0661. The SMILES string of the molecule is COc1ccc(CC(=O)Nc2nc3c(C)c(C)ccc3s2)cc1. The number of carbonyl (C=O) groups excluding carboxylic acids is 1. The molecule has 1 heterocycles. The quantitative estimate of drug-likeness (QED) is 0.785. The Morgan fingerprint density at radius 3 is 2.61 bits per heavy atom. The maximum atomic E-state index is 12.2. The Kier molecular flexibility index (Phi) is 4.30. The van der Waals surface area contributed by atoms with Gasteiger partial charge in [0.15, 0.2) is 5.13 Å². The summed E-state index contributed by atoms with van der Waals surface area (Å²) in [7, 11) is 1.62. The number of nitrogens with one attached hydrogen (secondary N) is 1. The first kappa shape index (κ1) is 15.5. The third kappa shape index (κ3) is 3.35. The van der Waals surface area contributed by atoms with Gasteiger partial charge in [-0.2, -0.15) is 0 Å². The van der Waals surface area contributed by atoms with E-state index >= 15 is 0 Å². The first-order valence-corrected chi connectivity index (χ1v) is 8.18. The van der Waals surface area contributed by atoms with Gasteiger partial charge in [0.1, 0.15) is 5.75 Å². The van der Waals surface area contributed by atoms with Crippen LogP contribution >= 0.6 is 11.3 Å². The second kappa shape index (κ2) is 6.38. The average Bonchev–Trinajstić information content (AvgIpc) is 2.95. The van der Waals surface area contributed by atoms with Crippen molar-refractivity contribution in [3.8, 4) is 5.75 Å². The number of methoxy groups -OCH3 is 1. The minimum Gasteiger partial charge on any atom is -0.497 e. The molecule has 0 fully saturated rings. The fourth-order valence-electron chi connectivity index (χ4n) is 2.37. The van der Waals surface area contributed by atoms with Crippen LogP contribution in [0.1, 0.15) is 16.7 Å². The summed E-state index contributed by atoms with van der Waals surface area (Å²) in [6.45, 7) is 4.12. The van der Waals surface area contributed by atoms with Crippen LogP contribution in [0.3, 0.4) is 0 Å². The molecule has 0 unspecified atom stereocenters. The van der Waals surface area contributed by atoms with E-state index in [9.17, 15) is 4.79 Å². The summed E-state index contributed by atoms with van der Waals surface area (Å²) in [6.07, 6.45) is 0.317. The molecule has 5 heteroatoms. The zero-order valence-corrected chi connectivity index (χ0v) is 14.2. The zero-order chi connectivity index (χ0) is 16.4. The molecule has 0 bridgehead atoms. The van der Waals surface area contributed by atoms with Crippen LogP contribution in [0.15, 0.2) is 36.4 Å². The summed E-state index contributed by atoms with van der Waals surface area (Å²) >= 11 is 1.50. The number of amides is 1. The van der Waals surface area contributed by atoms with Gasteiger partial charge in [-0.15, -0.1) is 0 Å². The predicted octanol–water partition coefficient (Wildman–Crippen LogP) is 4.10. The van der Waals surface area contributed by atoms with Crippen LogP contribution in [0.2, 0.25) is 0 Å². The molecule has 0 atom stereocenters. The molecule has 3 aromatic rings. The smallest absolute Gasteiger partial charge is 0.230 e. The molecule has 0 saturated carbocycles. The molecule has 23 heavy (non-hydrogen) atoms. The molecule has 118 valence electrons. The lowest BCUT2D eigenvalue weighted by Crippen LogP contribution is -2.14. The molecule has 0 spiro atoms. The van der Waals surface area contributed by atoms with Gasteiger partial charge in [-0.05, 0) is 48.7 Å².